The Hall–Kier alpha value is -0.280. The number of hydrogen-bond acceptors (Lipinski definition) is 2. The minimum absolute atomic E-state index is 0. The van der Waals surface area contributed by atoms with Crippen LogP contribution in [0.2, 0.25) is 0 Å². The Bertz CT molecular complexity index is 217. The average Bonchev–Trinajstić information content (AvgIpc) is 2.27. The maximum absolute atomic E-state index is 11.0. The molecule has 0 bridgehead atoms. The van der Waals surface area contributed by atoms with Gasteiger partial charge < -0.3 is 10.8 Å². The summed E-state index contributed by atoms with van der Waals surface area (Å²) in [5.41, 5.74) is 4.87. The molecule has 0 aromatic carbocycles. The zero-order chi connectivity index (χ0) is 11.3. The number of nitrogens with two attached hydrogens (primary N) is 1. The lowest BCUT2D eigenvalue weighted by atomic mass is 9.81. The lowest BCUT2D eigenvalue weighted by Gasteiger charge is -2.27. The van der Waals surface area contributed by atoms with Crippen LogP contribution in [-0.4, -0.2) is 16.6 Å². The highest BCUT2D eigenvalue weighted by atomic mass is 35.5. The first-order chi connectivity index (χ1) is 7.08. The maximum Gasteiger partial charge on any atom is 0.323 e. The van der Waals surface area contributed by atoms with Crippen LogP contribution in [0.5, 0.6) is 0 Å². The lowest BCUT2D eigenvalue weighted by Crippen LogP contribution is -2.47. The van der Waals surface area contributed by atoms with Gasteiger partial charge >= 0.3 is 5.97 Å². The highest BCUT2D eigenvalue weighted by Gasteiger charge is 2.32. The molecule has 1 fully saturated rings. The summed E-state index contributed by atoms with van der Waals surface area (Å²) in [5, 5.41) is 9.04. The zero-order valence-electron chi connectivity index (χ0n) is 10.1. The molecule has 0 aromatic rings. The van der Waals surface area contributed by atoms with Gasteiger partial charge in [0.2, 0.25) is 0 Å². The molecule has 0 aliphatic heterocycles. The van der Waals surface area contributed by atoms with E-state index in [9.17, 15) is 4.79 Å². The van der Waals surface area contributed by atoms with Crippen molar-refractivity contribution < 1.29 is 9.90 Å². The summed E-state index contributed by atoms with van der Waals surface area (Å²) in [6.07, 6.45) is 8.62. The van der Waals surface area contributed by atoms with Gasteiger partial charge in [-0.1, -0.05) is 39.0 Å². The molecule has 1 saturated carbocycles. The van der Waals surface area contributed by atoms with Gasteiger partial charge in [0.05, 0.1) is 0 Å². The summed E-state index contributed by atoms with van der Waals surface area (Å²) in [4.78, 5) is 11.0. The zero-order valence-corrected chi connectivity index (χ0v) is 10.9. The van der Waals surface area contributed by atoms with Gasteiger partial charge in [-0.25, -0.2) is 0 Å². The summed E-state index contributed by atoms with van der Waals surface area (Å²) < 4.78 is 0. The molecule has 0 amide bonds. The normalized spacial score (nSPS) is 20.9. The number of carbonyl (C=O) groups is 1. The standard InChI is InChI=1S/C12H23NO2.ClH/c1-2-12(13,11(14)15)9-8-10-6-4-3-5-7-10;/h10H,2-9,13H2,1H3,(H,14,15);1H. The Balaban J connectivity index is 0.00000225. The number of aliphatic carboxylic acids is 1. The van der Waals surface area contributed by atoms with Gasteiger partial charge in [-0.05, 0) is 25.2 Å². The molecule has 1 unspecified atom stereocenters. The molecule has 0 spiro atoms. The molecule has 1 rings (SSSR count). The van der Waals surface area contributed by atoms with E-state index in [-0.39, 0.29) is 12.4 Å². The number of hydrogen-bond donors (Lipinski definition) is 2. The van der Waals surface area contributed by atoms with E-state index in [1.165, 1.54) is 32.1 Å². The Kier molecular flexibility index (Phi) is 7.00. The van der Waals surface area contributed by atoms with E-state index in [0.29, 0.717) is 18.8 Å². The molecule has 96 valence electrons. The van der Waals surface area contributed by atoms with Crippen LogP contribution < -0.4 is 5.73 Å². The second kappa shape index (κ2) is 7.13. The molecule has 4 heteroatoms. The molecule has 16 heavy (non-hydrogen) atoms. The highest BCUT2D eigenvalue weighted by Crippen LogP contribution is 2.29. The summed E-state index contributed by atoms with van der Waals surface area (Å²) in [6, 6.07) is 0. The van der Waals surface area contributed by atoms with Crippen molar-refractivity contribution in [2.24, 2.45) is 11.7 Å². The van der Waals surface area contributed by atoms with Crippen LogP contribution in [-0.2, 0) is 4.79 Å². The largest absolute Gasteiger partial charge is 0.480 e. The van der Waals surface area contributed by atoms with Crippen molar-refractivity contribution in [1.82, 2.24) is 0 Å². The molecule has 3 nitrogen and oxygen atoms in total. The first-order valence-corrected chi connectivity index (χ1v) is 6.11. The smallest absolute Gasteiger partial charge is 0.323 e. The van der Waals surface area contributed by atoms with Crippen LogP contribution in [0.4, 0.5) is 0 Å². The van der Waals surface area contributed by atoms with Crippen LogP contribution in [0.15, 0.2) is 0 Å². The average molecular weight is 250 g/mol. The van der Waals surface area contributed by atoms with E-state index in [0.717, 1.165) is 6.42 Å². The van der Waals surface area contributed by atoms with Crippen LogP contribution in [0.1, 0.15) is 58.3 Å². The predicted octanol–water partition coefficient (Wildman–Crippen LogP) is 2.96. The van der Waals surface area contributed by atoms with Crippen molar-refractivity contribution in [1.29, 1.82) is 0 Å². The predicted molar refractivity (Wildman–Crippen MR) is 67.9 cm³/mol. The molecular weight excluding hydrogens is 226 g/mol. The molecule has 0 saturated heterocycles. The third-order valence-electron chi connectivity index (χ3n) is 3.78. The van der Waals surface area contributed by atoms with E-state index < -0.39 is 11.5 Å². The van der Waals surface area contributed by atoms with E-state index in [2.05, 4.69) is 0 Å². The van der Waals surface area contributed by atoms with Gasteiger partial charge in [0.25, 0.3) is 0 Å². The number of rotatable bonds is 5. The Morgan fingerprint density at radius 1 is 1.38 bits per heavy atom. The fourth-order valence-corrected chi connectivity index (χ4v) is 2.37. The van der Waals surface area contributed by atoms with E-state index in [1.54, 1.807) is 0 Å². The third-order valence-corrected chi connectivity index (χ3v) is 3.78. The van der Waals surface area contributed by atoms with Crippen molar-refractivity contribution in [2.75, 3.05) is 0 Å². The molecule has 1 atom stereocenters. The van der Waals surface area contributed by atoms with Crippen molar-refractivity contribution in [3.8, 4) is 0 Å². The molecule has 0 aromatic heterocycles. The second-order valence-electron chi connectivity index (χ2n) is 4.86. The van der Waals surface area contributed by atoms with Gasteiger partial charge in [0.1, 0.15) is 5.54 Å². The van der Waals surface area contributed by atoms with E-state index in [4.69, 9.17) is 10.8 Å². The second-order valence-corrected chi connectivity index (χ2v) is 4.86. The molecule has 3 N–H and O–H groups in total. The van der Waals surface area contributed by atoms with Crippen molar-refractivity contribution in [3.05, 3.63) is 0 Å². The van der Waals surface area contributed by atoms with Crippen LogP contribution in [0.25, 0.3) is 0 Å². The maximum atomic E-state index is 11.0. The number of halogens is 1. The van der Waals surface area contributed by atoms with E-state index in [1.807, 2.05) is 6.92 Å². The monoisotopic (exact) mass is 249 g/mol. The van der Waals surface area contributed by atoms with Crippen LogP contribution in [0, 0.1) is 5.92 Å². The van der Waals surface area contributed by atoms with Gasteiger partial charge in [0.15, 0.2) is 0 Å². The quantitative estimate of drug-likeness (QED) is 0.788. The summed E-state index contributed by atoms with van der Waals surface area (Å²) in [7, 11) is 0. The molecule has 0 heterocycles. The van der Waals surface area contributed by atoms with Crippen molar-refractivity contribution in [3.63, 3.8) is 0 Å². The Morgan fingerprint density at radius 3 is 2.38 bits per heavy atom. The summed E-state index contributed by atoms with van der Waals surface area (Å²) >= 11 is 0. The Morgan fingerprint density at radius 2 is 1.94 bits per heavy atom. The molecule has 1 aliphatic rings. The highest BCUT2D eigenvalue weighted by molar-refractivity contribution is 5.85. The van der Waals surface area contributed by atoms with Gasteiger partial charge in [-0.15, -0.1) is 12.4 Å². The van der Waals surface area contributed by atoms with Gasteiger partial charge in [0, 0.05) is 0 Å². The van der Waals surface area contributed by atoms with Crippen molar-refractivity contribution >= 4 is 18.4 Å². The van der Waals surface area contributed by atoms with Crippen LogP contribution in [0.3, 0.4) is 0 Å². The minimum atomic E-state index is -0.989. The third kappa shape index (κ3) is 4.30. The minimum Gasteiger partial charge on any atom is -0.480 e. The molecular formula is C12H24ClNO2. The Labute approximate surface area is 104 Å². The van der Waals surface area contributed by atoms with Crippen LogP contribution >= 0.6 is 12.4 Å². The number of carboxylic acids is 1. The number of carboxylic acid groups (broad SMARTS) is 1. The van der Waals surface area contributed by atoms with Gasteiger partial charge in [-0.2, -0.15) is 0 Å². The lowest BCUT2D eigenvalue weighted by molar-refractivity contribution is -0.143. The summed E-state index contributed by atoms with van der Waals surface area (Å²) in [5.74, 6) is -0.131. The first-order valence-electron chi connectivity index (χ1n) is 6.11. The summed E-state index contributed by atoms with van der Waals surface area (Å²) in [6.45, 7) is 1.86. The van der Waals surface area contributed by atoms with Crippen molar-refractivity contribution in [2.45, 2.75) is 63.8 Å². The first kappa shape index (κ1) is 15.7. The SMILES string of the molecule is CCC(N)(CCC1CCCCC1)C(=O)O.Cl. The van der Waals surface area contributed by atoms with Gasteiger partial charge in [-0.3, -0.25) is 4.79 Å². The fourth-order valence-electron chi connectivity index (χ4n) is 2.37. The molecule has 1 aliphatic carbocycles. The van der Waals surface area contributed by atoms with E-state index >= 15 is 0 Å². The molecule has 0 radical (unpaired) electrons. The fraction of sp³-hybridized carbons (Fsp3) is 0.917. The topological polar surface area (TPSA) is 63.3 Å².